The van der Waals surface area contributed by atoms with Crippen LogP contribution in [0.5, 0.6) is 0 Å². The number of aromatic nitrogens is 1. The van der Waals surface area contributed by atoms with Crippen LogP contribution in [0.1, 0.15) is 48.8 Å². The van der Waals surface area contributed by atoms with E-state index in [9.17, 15) is 4.79 Å². The molecule has 1 heterocycles. The second-order valence-corrected chi connectivity index (χ2v) is 9.01. The topological polar surface area (TPSA) is 51.4 Å². The van der Waals surface area contributed by atoms with Crippen LogP contribution in [0.2, 0.25) is 0 Å². The standard InChI is InChI=1S/C23H34N4OS/c1-16-12-17(2)20-14-18(22(28)25-21(20)13-16)15-27(19-8-5-6-9-19)23(29)24-10-7-11-26(3)4/h12-14,19H,5-11,15H2,1-4H3,(H,24,29)(H,25,28). The zero-order chi connectivity index (χ0) is 21.0. The number of H-pyrrole nitrogens is 1. The highest BCUT2D eigenvalue weighted by Crippen LogP contribution is 2.26. The lowest BCUT2D eigenvalue weighted by molar-refractivity contribution is 0.301. The molecule has 6 heteroatoms. The Morgan fingerprint density at radius 2 is 1.93 bits per heavy atom. The predicted molar refractivity (Wildman–Crippen MR) is 126 cm³/mol. The number of aromatic amines is 1. The SMILES string of the molecule is Cc1cc(C)c2cc(CN(C(=S)NCCCN(C)C)C3CCCC3)c(=O)[nH]c2c1. The molecule has 2 aromatic rings. The Kier molecular flexibility index (Phi) is 7.30. The first-order chi connectivity index (χ1) is 13.8. The second-order valence-electron chi connectivity index (χ2n) is 8.62. The summed E-state index contributed by atoms with van der Waals surface area (Å²) in [6.45, 7) is 6.60. The number of nitrogens with zero attached hydrogens (tertiary/aromatic N) is 2. The van der Waals surface area contributed by atoms with E-state index in [1.54, 1.807) is 0 Å². The number of rotatable bonds is 7. The summed E-state index contributed by atoms with van der Waals surface area (Å²) in [5.41, 5.74) is 4.03. The van der Waals surface area contributed by atoms with E-state index in [0.29, 0.717) is 12.6 Å². The molecule has 0 aliphatic heterocycles. The minimum absolute atomic E-state index is 0.0131. The number of hydrogen-bond donors (Lipinski definition) is 2. The summed E-state index contributed by atoms with van der Waals surface area (Å²) < 4.78 is 0. The van der Waals surface area contributed by atoms with E-state index in [0.717, 1.165) is 59.5 Å². The number of hydrogen-bond acceptors (Lipinski definition) is 3. The maximum atomic E-state index is 12.8. The quantitative estimate of drug-likeness (QED) is 0.534. The Balaban J connectivity index is 1.81. The number of benzene rings is 1. The van der Waals surface area contributed by atoms with Gasteiger partial charge in [0.05, 0.1) is 6.54 Å². The molecule has 5 nitrogen and oxygen atoms in total. The van der Waals surface area contributed by atoms with Crippen LogP contribution in [0.15, 0.2) is 23.0 Å². The van der Waals surface area contributed by atoms with Crippen LogP contribution in [0, 0.1) is 13.8 Å². The van der Waals surface area contributed by atoms with Gasteiger partial charge in [0.15, 0.2) is 5.11 Å². The molecule has 1 saturated carbocycles. The molecule has 0 saturated heterocycles. The van der Waals surface area contributed by atoms with Crippen molar-refractivity contribution in [2.45, 2.75) is 58.5 Å². The Morgan fingerprint density at radius 3 is 2.62 bits per heavy atom. The van der Waals surface area contributed by atoms with E-state index in [-0.39, 0.29) is 5.56 Å². The van der Waals surface area contributed by atoms with Crippen molar-refractivity contribution < 1.29 is 0 Å². The maximum absolute atomic E-state index is 12.8. The van der Waals surface area contributed by atoms with Crippen LogP contribution >= 0.6 is 12.2 Å². The molecule has 0 unspecified atom stereocenters. The van der Waals surface area contributed by atoms with Gasteiger partial charge in [0.1, 0.15) is 0 Å². The second kappa shape index (κ2) is 9.72. The van der Waals surface area contributed by atoms with Crippen molar-refractivity contribution >= 4 is 28.2 Å². The van der Waals surface area contributed by atoms with Crippen molar-refractivity contribution in [3.05, 3.63) is 45.2 Å². The van der Waals surface area contributed by atoms with Crippen LogP contribution in [0.3, 0.4) is 0 Å². The summed E-state index contributed by atoms with van der Waals surface area (Å²) in [5, 5.41) is 5.32. The first-order valence-electron chi connectivity index (χ1n) is 10.7. The third kappa shape index (κ3) is 5.58. The van der Waals surface area contributed by atoms with Gasteiger partial charge < -0.3 is 20.1 Å². The van der Waals surface area contributed by atoms with Gasteiger partial charge in [-0.15, -0.1) is 0 Å². The molecular formula is C23H34N4OS. The fourth-order valence-corrected chi connectivity index (χ4v) is 4.61. The van der Waals surface area contributed by atoms with Crippen LogP contribution < -0.4 is 10.9 Å². The molecule has 0 spiro atoms. The van der Waals surface area contributed by atoms with E-state index in [4.69, 9.17) is 12.2 Å². The first-order valence-corrected chi connectivity index (χ1v) is 11.1. The molecule has 1 aromatic carbocycles. The Hall–Kier alpha value is -1.92. The summed E-state index contributed by atoms with van der Waals surface area (Å²) >= 11 is 5.76. The monoisotopic (exact) mass is 414 g/mol. The number of thiocarbonyl (C=S) groups is 1. The molecule has 1 aliphatic rings. The van der Waals surface area contributed by atoms with Crippen molar-refractivity contribution in [1.82, 2.24) is 20.1 Å². The third-order valence-electron chi connectivity index (χ3n) is 5.81. The summed E-state index contributed by atoms with van der Waals surface area (Å²) in [6, 6.07) is 6.67. The zero-order valence-corrected chi connectivity index (χ0v) is 19.0. The van der Waals surface area contributed by atoms with Crippen molar-refractivity contribution in [2.75, 3.05) is 27.2 Å². The van der Waals surface area contributed by atoms with E-state index < -0.39 is 0 Å². The number of nitrogens with one attached hydrogen (secondary N) is 2. The van der Waals surface area contributed by atoms with Gasteiger partial charge in [0.2, 0.25) is 0 Å². The summed E-state index contributed by atoms with van der Waals surface area (Å²) in [7, 11) is 4.16. The average molecular weight is 415 g/mol. The fraction of sp³-hybridized carbons (Fsp3) is 0.565. The summed E-state index contributed by atoms with van der Waals surface area (Å²) in [4.78, 5) is 20.3. The molecule has 1 aromatic heterocycles. The lowest BCUT2D eigenvalue weighted by atomic mass is 10.0. The fourth-order valence-electron chi connectivity index (χ4n) is 4.29. The Labute approximate surface area is 179 Å². The van der Waals surface area contributed by atoms with Gasteiger partial charge >= 0.3 is 0 Å². The van der Waals surface area contributed by atoms with Crippen LogP contribution in [0.25, 0.3) is 10.9 Å². The Morgan fingerprint density at radius 1 is 1.21 bits per heavy atom. The average Bonchev–Trinajstić information content (AvgIpc) is 3.17. The van der Waals surface area contributed by atoms with Gasteiger partial charge in [0, 0.05) is 29.1 Å². The van der Waals surface area contributed by atoms with Crippen LogP contribution in [0.4, 0.5) is 0 Å². The van der Waals surface area contributed by atoms with Crippen LogP contribution in [-0.4, -0.2) is 53.1 Å². The number of pyridine rings is 1. The molecular weight excluding hydrogens is 380 g/mol. The minimum Gasteiger partial charge on any atom is -0.363 e. The molecule has 0 atom stereocenters. The molecule has 2 N–H and O–H groups in total. The lowest BCUT2D eigenvalue weighted by Gasteiger charge is -2.32. The molecule has 1 aliphatic carbocycles. The maximum Gasteiger partial charge on any atom is 0.253 e. The van der Waals surface area contributed by atoms with E-state index >= 15 is 0 Å². The van der Waals surface area contributed by atoms with Crippen molar-refractivity contribution in [1.29, 1.82) is 0 Å². The largest absolute Gasteiger partial charge is 0.363 e. The highest BCUT2D eigenvalue weighted by atomic mass is 32.1. The van der Waals surface area contributed by atoms with Gasteiger partial charge in [-0.1, -0.05) is 18.9 Å². The van der Waals surface area contributed by atoms with Gasteiger partial charge in [-0.05, 0) is 89.2 Å². The van der Waals surface area contributed by atoms with Gasteiger partial charge in [-0.3, -0.25) is 4.79 Å². The highest BCUT2D eigenvalue weighted by Gasteiger charge is 2.25. The van der Waals surface area contributed by atoms with E-state index in [1.165, 1.54) is 18.4 Å². The number of fused-ring (bicyclic) bond motifs is 1. The molecule has 158 valence electrons. The van der Waals surface area contributed by atoms with Gasteiger partial charge in [-0.2, -0.15) is 0 Å². The van der Waals surface area contributed by atoms with Gasteiger partial charge in [0.25, 0.3) is 5.56 Å². The van der Waals surface area contributed by atoms with Crippen LogP contribution in [-0.2, 0) is 6.54 Å². The Bertz CT molecular complexity index is 915. The summed E-state index contributed by atoms with van der Waals surface area (Å²) in [5.74, 6) is 0. The van der Waals surface area contributed by atoms with E-state index in [1.807, 2.05) is 6.07 Å². The molecule has 3 rings (SSSR count). The first kappa shape index (κ1) is 21.8. The van der Waals surface area contributed by atoms with Crippen molar-refractivity contribution in [3.63, 3.8) is 0 Å². The highest BCUT2D eigenvalue weighted by molar-refractivity contribution is 7.80. The predicted octanol–water partition coefficient (Wildman–Crippen LogP) is 3.72. The van der Waals surface area contributed by atoms with Crippen molar-refractivity contribution in [2.24, 2.45) is 0 Å². The van der Waals surface area contributed by atoms with E-state index in [2.05, 4.69) is 60.2 Å². The molecule has 1 fully saturated rings. The molecule has 0 bridgehead atoms. The summed E-state index contributed by atoms with van der Waals surface area (Å²) in [6.07, 6.45) is 5.79. The van der Waals surface area contributed by atoms with Gasteiger partial charge in [-0.25, -0.2) is 0 Å². The smallest absolute Gasteiger partial charge is 0.253 e. The molecule has 0 amide bonds. The minimum atomic E-state index is -0.0131. The molecule has 29 heavy (non-hydrogen) atoms. The number of aryl methyl sites for hydroxylation is 2. The normalized spacial score (nSPS) is 14.7. The lowest BCUT2D eigenvalue weighted by Crippen LogP contribution is -2.45. The van der Waals surface area contributed by atoms with Crippen molar-refractivity contribution in [3.8, 4) is 0 Å². The third-order valence-corrected chi connectivity index (χ3v) is 6.19. The molecule has 0 radical (unpaired) electrons. The zero-order valence-electron chi connectivity index (χ0n) is 18.2.